The van der Waals surface area contributed by atoms with Gasteiger partial charge in [0, 0.05) is 11.7 Å². The van der Waals surface area contributed by atoms with Gasteiger partial charge in [-0.05, 0) is 61.9 Å². The van der Waals surface area contributed by atoms with Gasteiger partial charge in [0.05, 0.1) is 11.4 Å². The number of amides is 3. The Morgan fingerprint density at radius 3 is 2.46 bits per heavy atom. The summed E-state index contributed by atoms with van der Waals surface area (Å²) in [6.07, 6.45) is 5.16. The zero-order chi connectivity index (χ0) is 24.8. The van der Waals surface area contributed by atoms with Crippen molar-refractivity contribution < 1.29 is 18.8 Å². The average molecular weight is 494 g/mol. The molecule has 1 atom stereocenters. The van der Waals surface area contributed by atoms with Gasteiger partial charge < -0.3 is 15.1 Å². The number of aryl methyl sites for hydroxylation is 2. The second kappa shape index (κ2) is 11.4. The van der Waals surface area contributed by atoms with Crippen LogP contribution in [0.4, 0.5) is 5.69 Å². The number of rotatable bonds is 8. The number of hydrogen-bond acceptors (Lipinski definition) is 5. The number of anilines is 1. The fraction of sp³-hybridized carbons (Fsp3) is 0.370. The van der Waals surface area contributed by atoms with Gasteiger partial charge >= 0.3 is 0 Å². The van der Waals surface area contributed by atoms with E-state index in [1.165, 1.54) is 22.7 Å². The molecule has 1 aliphatic carbocycles. The molecule has 3 amide bonds. The Morgan fingerprint density at radius 1 is 1.03 bits per heavy atom. The van der Waals surface area contributed by atoms with E-state index in [9.17, 15) is 14.4 Å². The summed E-state index contributed by atoms with van der Waals surface area (Å²) in [6, 6.07) is 13.5. The number of thiophene rings is 1. The molecule has 2 aromatic heterocycles. The summed E-state index contributed by atoms with van der Waals surface area (Å²) >= 11 is 1.30. The van der Waals surface area contributed by atoms with Crippen molar-refractivity contribution in [1.82, 2.24) is 10.6 Å². The van der Waals surface area contributed by atoms with Crippen LogP contribution >= 0.6 is 11.3 Å². The Labute approximate surface area is 209 Å². The summed E-state index contributed by atoms with van der Waals surface area (Å²) in [4.78, 5) is 41.9. The highest BCUT2D eigenvalue weighted by molar-refractivity contribution is 7.12. The van der Waals surface area contributed by atoms with Crippen LogP contribution in [0.3, 0.4) is 0 Å². The molecule has 4 rings (SSSR count). The third kappa shape index (κ3) is 6.00. The quantitative estimate of drug-likeness (QED) is 0.466. The number of carbonyl (C=O) groups is 3. The zero-order valence-electron chi connectivity index (χ0n) is 20.1. The molecule has 2 heterocycles. The van der Waals surface area contributed by atoms with Crippen molar-refractivity contribution >= 4 is 34.7 Å². The van der Waals surface area contributed by atoms with Crippen molar-refractivity contribution in [3.05, 3.63) is 75.9 Å². The summed E-state index contributed by atoms with van der Waals surface area (Å²) in [5.74, 6) is 0.0280. The van der Waals surface area contributed by atoms with E-state index in [0.29, 0.717) is 22.1 Å². The monoisotopic (exact) mass is 493 g/mol. The summed E-state index contributed by atoms with van der Waals surface area (Å²) in [7, 11) is 0. The van der Waals surface area contributed by atoms with Crippen LogP contribution in [-0.4, -0.2) is 30.3 Å². The maximum Gasteiger partial charge on any atom is 0.261 e. The molecule has 2 N–H and O–H groups in total. The Bertz CT molecular complexity index is 1160. The molecule has 184 valence electrons. The first-order chi connectivity index (χ1) is 16.9. The molecule has 0 radical (unpaired) electrons. The van der Waals surface area contributed by atoms with Crippen LogP contribution in [0.5, 0.6) is 0 Å². The lowest BCUT2D eigenvalue weighted by atomic mass is 9.95. The molecule has 0 spiro atoms. The number of hydrogen-bond donors (Lipinski definition) is 2. The van der Waals surface area contributed by atoms with Gasteiger partial charge in [0.25, 0.3) is 11.8 Å². The lowest BCUT2D eigenvalue weighted by Gasteiger charge is -2.33. The summed E-state index contributed by atoms with van der Waals surface area (Å²) < 4.78 is 5.89. The average Bonchev–Trinajstić information content (AvgIpc) is 3.54. The zero-order valence-corrected chi connectivity index (χ0v) is 20.9. The molecule has 0 bridgehead atoms. The minimum atomic E-state index is -1.00. The summed E-state index contributed by atoms with van der Waals surface area (Å²) in [6.45, 7) is 3.45. The maximum absolute atomic E-state index is 13.7. The molecule has 1 aliphatic rings. The number of nitrogens with one attached hydrogen (secondary N) is 2. The molecule has 1 saturated carbocycles. The van der Waals surface area contributed by atoms with Crippen molar-refractivity contribution in [3.8, 4) is 0 Å². The van der Waals surface area contributed by atoms with E-state index in [2.05, 4.69) is 10.6 Å². The predicted molar refractivity (Wildman–Crippen MR) is 137 cm³/mol. The van der Waals surface area contributed by atoms with E-state index in [0.717, 1.165) is 31.2 Å². The van der Waals surface area contributed by atoms with Crippen LogP contribution in [-0.2, 0) is 9.59 Å². The highest BCUT2D eigenvalue weighted by Gasteiger charge is 2.36. The van der Waals surface area contributed by atoms with E-state index in [-0.39, 0.29) is 24.4 Å². The van der Waals surface area contributed by atoms with Crippen LogP contribution in [0.1, 0.15) is 64.9 Å². The number of benzene rings is 1. The molecule has 0 saturated heterocycles. The van der Waals surface area contributed by atoms with E-state index < -0.39 is 11.9 Å². The van der Waals surface area contributed by atoms with Gasteiger partial charge in [-0.25, -0.2) is 0 Å². The Kier molecular flexibility index (Phi) is 8.02. The van der Waals surface area contributed by atoms with Gasteiger partial charge in [-0.15, -0.1) is 11.3 Å². The second-order valence-electron chi connectivity index (χ2n) is 8.90. The van der Waals surface area contributed by atoms with Crippen LogP contribution in [0, 0.1) is 13.8 Å². The molecular weight excluding hydrogens is 462 g/mol. The van der Waals surface area contributed by atoms with Crippen LogP contribution in [0.2, 0.25) is 0 Å². The van der Waals surface area contributed by atoms with Gasteiger partial charge in [0.1, 0.15) is 11.5 Å². The minimum Gasteiger partial charge on any atom is -0.464 e. The summed E-state index contributed by atoms with van der Waals surface area (Å²) in [5, 5.41) is 7.67. The fourth-order valence-corrected chi connectivity index (χ4v) is 5.13. The molecule has 8 heteroatoms. The number of nitrogens with zero attached hydrogens (tertiary/aromatic N) is 1. The first kappa shape index (κ1) is 24.7. The smallest absolute Gasteiger partial charge is 0.261 e. The predicted octanol–water partition coefficient (Wildman–Crippen LogP) is 4.91. The van der Waals surface area contributed by atoms with Crippen molar-refractivity contribution in [1.29, 1.82) is 0 Å². The van der Waals surface area contributed by atoms with Crippen molar-refractivity contribution in [2.75, 3.05) is 11.4 Å². The number of para-hydroxylation sites is 1. The Morgan fingerprint density at radius 2 is 1.80 bits per heavy atom. The van der Waals surface area contributed by atoms with Crippen molar-refractivity contribution in [3.63, 3.8) is 0 Å². The van der Waals surface area contributed by atoms with E-state index in [1.54, 1.807) is 36.6 Å². The third-order valence-electron chi connectivity index (χ3n) is 6.28. The van der Waals surface area contributed by atoms with Gasteiger partial charge in [-0.1, -0.05) is 43.5 Å². The number of furan rings is 1. The van der Waals surface area contributed by atoms with Crippen LogP contribution in [0.25, 0.3) is 0 Å². The summed E-state index contributed by atoms with van der Waals surface area (Å²) in [5.41, 5.74) is 1.44. The molecule has 7 nitrogen and oxygen atoms in total. The van der Waals surface area contributed by atoms with Gasteiger partial charge in [0.15, 0.2) is 6.04 Å². The topological polar surface area (TPSA) is 91.7 Å². The Balaban J connectivity index is 1.66. The molecule has 1 aromatic carbocycles. The van der Waals surface area contributed by atoms with E-state index in [4.69, 9.17) is 4.42 Å². The van der Waals surface area contributed by atoms with Gasteiger partial charge in [-0.2, -0.15) is 0 Å². The third-order valence-corrected chi connectivity index (χ3v) is 7.15. The van der Waals surface area contributed by atoms with Crippen molar-refractivity contribution in [2.24, 2.45) is 0 Å². The lowest BCUT2D eigenvalue weighted by Crippen LogP contribution is -2.49. The lowest BCUT2D eigenvalue weighted by molar-refractivity contribution is -0.127. The van der Waals surface area contributed by atoms with Gasteiger partial charge in [0.2, 0.25) is 5.91 Å². The van der Waals surface area contributed by atoms with E-state index in [1.807, 2.05) is 31.2 Å². The van der Waals surface area contributed by atoms with Gasteiger partial charge in [-0.3, -0.25) is 19.3 Å². The van der Waals surface area contributed by atoms with E-state index >= 15 is 0 Å². The molecule has 35 heavy (non-hydrogen) atoms. The maximum atomic E-state index is 13.7. The molecule has 3 aromatic rings. The molecule has 1 unspecified atom stereocenters. The van der Waals surface area contributed by atoms with Crippen LogP contribution in [0.15, 0.2) is 58.3 Å². The minimum absolute atomic E-state index is 0.0714. The van der Waals surface area contributed by atoms with Crippen molar-refractivity contribution in [2.45, 2.75) is 58.0 Å². The first-order valence-corrected chi connectivity index (χ1v) is 12.9. The number of carbonyl (C=O) groups excluding carboxylic acids is 3. The standard InChI is InChI=1S/C27H31N3O4S/c1-18-9-6-7-12-21(18)30(24(31)17-28-26(32)23-13-8-16-35-23)25(22-15-14-19(2)34-22)27(33)29-20-10-4-3-5-11-20/h6-9,12-16,20,25H,3-5,10-11,17H2,1-2H3,(H,28,32)(H,29,33). The highest BCUT2D eigenvalue weighted by Crippen LogP contribution is 2.32. The molecular formula is C27H31N3O4S. The highest BCUT2D eigenvalue weighted by atomic mass is 32.1. The molecule has 1 fully saturated rings. The fourth-order valence-electron chi connectivity index (χ4n) is 4.49. The SMILES string of the molecule is Cc1ccc(C(C(=O)NC2CCCCC2)N(C(=O)CNC(=O)c2cccs2)c2ccccc2C)o1. The molecule has 0 aliphatic heterocycles. The first-order valence-electron chi connectivity index (χ1n) is 12.0. The van der Waals surface area contributed by atoms with Crippen LogP contribution < -0.4 is 15.5 Å². The normalized spacial score (nSPS) is 14.8. The Hall–Kier alpha value is -3.39. The second-order valence-corrected chi connectivity index (χ2v) is 9.85. The largest absolute Gasteiger partial charge is 0.464 e.